The number of fused-ring (bicyclic) bond motifs is 2. The van der Waals surface area contributed by atoms with E-state index in [2.05, 4.69) is 22.9 Å². The van der Waals surface area contributed by atoms with Crippen LogP contribution in [0.4, 0.5) is 5.69 Å². The third-order valence-corrected chi connectivity index (χ3v) is 4.92. The number of nitrogens with zero attached hydrogens (tertiary/aromatic N) is 2. The first-order valence-electron chi connectivity index (χ1n) is 9.18. The SMILES string of the molecule is CCn1c(C(=O)Nc2ccc3c(ccn3CCOC)c2)cc2ccccc21. The summed E-state index contributed by atoms with van der Waals surface area (Å²) in [7, 11) is 1.70. The lowest BCUT2D eigenvalue weighted by Crippen LogP contribution is -2.16. The van der Waals surface area contributed by atoms with Crippen molar-refractivity contribution in [3.05, 3.63) is 66.5 Å². The van der Waals surface area contributed by atoms with Gasteiger partial charge in [-0.2, -0.15) is 0 Å². The molecule has 0 fully saturated rings. The molecule has 0 aliphatic carbocycles. The van der Waals surface area contributed by atoms with Gasteiger partial charge in [-0.25, -0.2) is 0 Å². The standard InChI is InChI=1S/C22H23N3O2/c1-3-25-20-7-5-4-6-16(20)15-21(25)22(26)23-18-8-9-19-17(14-18)10-11-24(19)12-13-27-2/h4-11,14-15H,3,12-13H2,1-2H3,(H,23,26). The molecule has 5 heteroatoms. The number of aryl methyl sites for hydroxylation is 1. The summed E-state index contributed by atoms with van der Waals surface area (Å²) in [4.78, 5) is 12.9. The van der Waals surface area contributed by atoms with E-state index in [1.807, 2.05) is 59.3 Å². The molecule has 2 heterocycles. The number of para-hydroxylation sites is 1. The Morgan fingerprint density at radius 3 is 2.67 bits per heavy atom. The fraction of sp³-hybridized carbons (Fsp3) is 0.227. The molecule has 5 nitrogen and oxygen atoms in total. The van der Waals surface area contributed by atoms with Crippen molar-refractivity contribution in [2.75, 3.05) is 19.0 Å². The third kappa shape index (κ3) is 3.22. The van der Waals surface area contributed by atoms with E-state index in [4.69, 9.17) is 4.74 Å². The lowest BCUT2D eigenvalue weighted by Gasteiger charge is -2.10. The number of carbonyl (C=O) groups is 1. The van der Waals surface area contributed by atoms with Gasteiger partial charge < -0.3 is 19.2 Å². The molecule has 2 aromatic heterocycles. The normalized spacial score (nSPS) is 11.3. The minimum atomic E-state index is -0.0915. The molecule has 0 aliphatic heterocycles. The van der Waals surface area contributed by atoms with E-state index in [-0.39, 0.29) is 5.91 Å². The fourth-order valence-corrected chi connectivity index (χ4v) is 3.60. The first-order valence-corrected chi connectivity index (χ1v) is 9.18. The van der Waals surface area contributed by atoms with Crippen molar-refractivity contribution in [3.8, 4) is 0 Å². The van der Waals surface area contributed by atoms with Crippen LogP contribution >= 0.6 is 0 Å². The van der Waals surface area contributed by atoms with Crippen LogP contribution in [-0.4, -0.2) is 28.8 Å². The zero-order valence-corrected chi connectivity index (χ0v) is 15.6. The van der Waals surface area contributed by atoms with Gasteiger partial charge in [0.15, 0.2) is 0 Å². The zero-order valence-electron chi connectivity index (χ0n) is 15.6. The number of hydrogen-bond donors (Lipinski definition) is 1. The molecular weight excluding hydrogens is 338 g/mol. The van der Waals surface area contributed by atoms with Gasteiger partial charge >= 0.3 is 0 Å². The number of carbonyl (C=O) groups excluding carboxylic acids is 1. The van der Waals surface area contributed by atoms with Crippen LogP contribution in [0.2, 0.25) is 0 Å². The molecular formula is C22H23N3O2. The number of aromatic nitrogens is 2. The summed E-state index contributed by atoms with van der Waals surface area (Å²) in [6.45, 7) is 4.28. The highest BCUT2D eigenvalue weighted by Crippen LogP contribution is 2.23. The molecule has 138 valence electrons. The van der Waals surface area contributed by atoms with Gasteiger partial charge in [-0.15, -0.1) is 0 Å². The maximum Gasteiger partial charge on any atom is 0.272 e. The molecule has 27 heavy (non-hydrogen) atoms. The summed E-state index contributed by atoms with van der Waals surface area (Å²) in [6.07, 6.45) is 2.05. The smallest absolute Gasteiger partial charge is 0.272 e. The second-order valence-corrected chi connectivity index (χ2v) is 6.56. The Bertz CT molecular complexity index is 1110. The van der Waals surface area contributed by atoms with Crippen molar-refractivity contribution < 1.29 is 9.53 Å². The Hall–Kier alpha value is -3.05. The summed E-state index contributed by atoms with van der Waals surface area (Å²) in [6, 6.07) is 18.1. The van der Waals surface area contributed by atoms with Crippen LogP contribution in [0.5, 0.6) is 0 Å². The van der Waals surface area contributed by atoms with Crippen LogP contribution in [-0.2, 0) is 17.8 Å². The van der Waals surface area contributed by atoms with E-state index in [1.54, 1.807) is 7.11 Å². The third-order valence-electron chi connectivity index (χ3n) is 4.92. The van der Waals surface area contributed by atoms with Crippen molar-refractivity contribution in [2.45, 2.75) is 20.0 Å². The highest BCUT2D eigenvalue weighted by atomic mass is 16.5. The number of anilines is 1. The van der Waals surface area contributed by atoms with Gasteiger partial charge in [-0.1, -0.05) is 18.2 Å². The molecule has 0 unspecified atom stereocenters. The number of nitrogens with one attached hydrogen (secondary N) is 1. The monoisotopic (exact) mass is 361 g/mol. The van der Waals surface area contributed by atoms with Crippen molar-refractivity contribution in [2.24, 2.45) is 0 Å². The minimum Gasteiger partial charge on any atom is -0.383 e. The van der Waals surface area contributed by atoms with E-state index in [0.29, 0.717) is 12.3 Å². The summed E-state index contributed by atoms with van der Waals surface area (Å²) in [5, 5.41) is 5.22. The molecule has 0 atom stereocenters. The lowest BCUT2D eigenvalue weighted by atomic mass is 10.2. The molecule has 1 amide bonds. The maximum absolute atomic E-state index is 12.9. The lowest BCUT2D eigenvalue weighted by molar-refractivity contribution is 0.101. The van der Waals surface area contributed by atoms with Crippen LogP contribution in [0, 0.1) is 0 Å². The Balaban J connectivity index is 1.61. The van der Waals surface area contributed by atoms with Gasteiger partial charge in [-0.05, 0) is 43.3 Å². The van der Waals surface area contributed by atoms with Gasteiger partial charge in [0.1, 0.15) is 5.69 Å². The first-order chi connectivity index (χ1) is 13.2. The molecule has 0 saturated carbocycles. The Kier molecular flexibility index (Phi) is 4.69. The average molecular weight is 361 g/mol. The maximum atomic E-state index is 12.9. The Morgan fingerprint density at radius 2 is 1.85 bits per heavy atom. The second-order valence-electron chi connectivity index (χ2n) is 6.56. The van der Waals surface area contributed by atoms with E-state index < -0.39 is 0 Å². The van der Waals surface area contributed by atoms with E-state index in [9.17, 15) is 4.79 Å². The number of rotatable bonds is 6. The first kappa shape index (κ1) is 17.4. The van der Waals surface area contributed by atoms with Gasteiger partial charge in [0.2, 0.25) is 0 Å². The zero-order chi connectivity index (χ0) is 18.8. The molecule has 0 bridgehead atoms. The summed E-state index contributed by atoms with van der Waals surface area (Å²) in [5.41, 5.74) is 3.69. The molecule has 1 N–H and O–H groups in total. The van der Waals surface area contributed by atoms with Gasteiger partial charge in [0.25, 0.3) is 5.91 Å². The summed E-state index contributed by atoms with van der Waals surface area (Å²) in [5.74, 6) is -0.0915. The summed E-state index contributed by atoms with van der Waals surface area (Å²) >= 11 is 0. The molecule has 0 radical (unpaired) electrons. The van der Waals surface area contributed by atoms with Crippen molar-refractivity contribution in [1.82, 2.24) is 9.13 Å². The fourth-order valence-electron chi connectivity index (χ4n) is 3.60. The highest BCUT2D eigenvalue weighted by Gasteiger charge is 2.15. The van der Waals surface area contributed by atoms with Gasteiger partial charge in [0.05, 0.1) is 6.61 Å². The number of methoxy groups -OCH3 is 1. The van der Waals surface area contributed by atoms with Gasteiger partial charge in [-0.3, -0.25) is 4.79 Å². The average Bonchev–Trinajstić information content (AvgIpc) is 3.27. The summed E-state index contributed by atoms with van der Waals surface area (Å²) < 4.78 is 9.35. The second kappa shape index (κ2) is 7.29. The molecule has 2 aromatic carbocycles. The van der Waals surface area contributed by atoms with Crippen molar-refractivity contribution >= 4 is 33.4 Å². The predicted octanol–water partition coefficient (Wildman–Crippen LogP) is 4.51. The van der Waals surface area contributed by atoms with Crippen LogP contribution < -0.4 is 5.32 Å². The molecule has 4 aromatic rings. The van der Waals surface area contributed by atoms with Crippen molar-refractivity contribution in [3.63, 3.8) is 0 Å². The van der Waals surface area contributed by atoms with Crippen LogP contribution in [0.1, 0.15) is 17.4 Å². The number of amides is 1. The minimum absolute atomic E-state index is 0.0915. The van der Waals surface area contributed by atoms with Crippen LogP contribution in [0.15, 0.2) is 60.8 Å². The molecule has 0 spiro atoms. The molecule has 0 aliphatic rings. The van der Waals surface area contributed by atoms with E-state index in [1.165, 1.54) is 0 Å². The van der Waals surface area contributed by atoms with Crippen LogP contribution in [0.25, 0.3) is 21.8 Å². The number of hydrogen-bond acceptors (Lipinski definition) is 2. The molecule has 0 saturated heterocycles. The van der Waals surface area contributed by atoms with E-state index >= 15 is 0 Å². The topological polar surface area (TPSA) is 48.2 Å². The molecule has 4 rings (SSSR count). The predicted molar refractivity (Wildman–Crippen MR) is 109 cm³/mol. The number of benzene rings is 2. The number of ether oxygens (including phenoxy) is 1. The van der Waals surface area contributed by atoms with Gasteiger partial charge in [0, 0.05) is 53.9 Å². The Morgan fingerprint density at radius 1 is 1.04 bits per heavy atom. The quantitative estimate of drug-likeness (QED) is 0.549. The van der Waals surface area contributed by atoms with Crippen molar-refractivity contribution in [1.29, 1.82) is 0 Å². The highest BCUT2D eigenvalue weighted by molar-refractivity contribution is 6.07. The van der Waals surface area contributed by atoms with E-state index in [0.717, 1.165) is 40.6 Å². The largest absolute Gasteiger partial charge is 0.383 e. The Labute approximate surface area is 158 Å². The van der Waals surface area contributed by atoms with Crippen LogP contribution in [0.3, 0.4) is 0 Å².